The second-order valence-corrected chi connectivity index (χ2v) is 19.8. The number of esters is 2. The van der Waals surface area contributed by atoms with Gasteiger partial charge in [-0.05, 0) is 63.9 Å². The van der Waals surface area contributed by atoms with Gasteiger partial charge in [-0.25, -0.2) is 13.9 Å². The van der Waals surface area contributed by atoms with Crippen molar-refractivity contribution < 1.29 is 81.6 Å². The zero-order valence-corrected chi connectivity index (χ0v) is 42.6. The number of nitrogens with zero attached hydrogens (tertiary/aromatic N) is 2. The fraction of sp³-hybridized carbons (Fsp3) is 0.625. The van der Waals surface area contributed by atoms with Gasteiger partial charge in [0.1, 0.15) is 30.7 Å². The molecule has 0 bridgehead atoms. The third-order valence-corrected chi connectivity index (χ3v) is 13.2. The average Bonchev–Trinajstić information content (AvgIpc) is 3.59. The Kier molecular flexibility index (Phi) is 32.1. The highest BCUT2D eigenvalue weighted by Gasteiger charge is 2.46. The van der Waals surface area contributed by atoms with E-state index in [0.717, 1.165) is 55.7 Å². The fourth-order valence-corrected chi connectivity index (χ4v) is 8.82. The molecule has 1 aliphatic heterocycles. The Hall–Kier alpha value is -3.92. The second kappa shape index (κ2) is 36.1. The molecule has 71 heavy (non-hydrogen) atoms. The summed E-state index contributed by atoms with van der Waals surface area (Å²) in [5, 5.41) is 51.5. The Balaban J connectivity index is 1.91. The Morgan fingerprint density at radius 1 is 0.789 bits per heavy atom. The number of nitrogen functional groups attached to an aromatic ring is 1. The van der Waals surface area contributed by atoms with E-state index in [-0.39, 0.29) is 31.5 Å². The second-order valence-electron chi connectivity index (χ2n) is 16.8. The van der Waals surface area contributed by atoms with E-state index in [9.17, 15) is 58.8 Å². The highest BCUT2D eigenvalue weighted by molar-refractivity contribution is 7.61. The van der Waals surface area contributed by atoms with Crippen molar-refractivity contribution in [3.63, 3.8) is 0 Å². The van der Waals surface area contributed by atoms with Crippen molar-refractivity contribution >= 4 is 33.4 Å². The number of aliphatic hydroxyl groups excluding tert-OH is 5. The Labute approximate surface area is 416 Å². The topological polar surface area (TPSA) is 326 Å². The number of unbranched alkanes of at least 4 members (excludes halogenated alkanes) is 9. The number of carbonyl (C=O) groups excluding carboxylic acids is 2. The molecule has 2 heterocycles. The minimum Gasteiger partial charge on any atom is -0.462 e. The van der Waals surface area contributed by atoms with Crippen molar-refractivity contribution in [1.82, 2.24) is 9.55 Å². The van der Waals surface area contributed by atoms with E-state index in [1.807, 2.05) is 19.1 Å². The predicted octanol–water partition coefficient (Wildman–Crippen LogP) is 6.24. The molecule has 0 amide bonds. The first-order valence-corrected chi connectivity index (χ1v) is 27.3. The molecule has 0 saturated carbocycles. The van der Waals surface area contributed by atoms with Gasteiger partial charge in [-0.3, -0.25) is 23.2 Å². The number of phosphoric acid groups is 2. The van der Waals surface area contributed by atoms with Gasteiger partial charge in [0, 0.05) is 19.0 Å². The highest BCUT2D eigenvalue weighted by atomic mass is 31.3. The molecule has 23 heteroatoms. The molecule has 2 rings (SSSR count). The van der Waals surface area contributed by atoms with Crippen LogP contribution in [0.1, 0.15) is 129 Å². The molecule has 10 atom stereocenters. The van der Waals surface area contributed by atoms with Crippen molar-refractivity contribution in [2.45, 2.75) is 172 Å². The maximum absolute atomic E-state index is 12.8. The molecule has 0 spiro atoms. The largest absolute Gasteiger partial charge is 0.481 e. The first-order chi connectivity index (χ1) is 33.9. The van der Waals surface area contributed by atoms with Crippen LogP contribution in [0, 0.1) is 0 Å². The fourth-order valence-electron chi connectivity index (χ4n) is 6.71. The standard InChI is InChI=1S/C48H77N3O18P2/c1-3-5-7-8-9-10-11-12-13-14-15-20-24-30-44(56)67-38(34-64-43(55)31-25-29-40(54)39(53)28-23-19-17-16-18-22-27-37(52)26-21-6-4-2)35-65-70(60,61)69-71(62,63)66-36-41-45(57)46(58)47(68-41)51-33-32-42(49)50-48(51)59/h6,10-11,16-19,21-23,27-28,32-33,37-41,45-47,52-54,57-58H,3-5,7-9,12-15,20,24-26,29-31,34-36H2,1-2H3,(H,60,61)(H,62,63)(H2,49,50,59)/b11-10-,18-16+,19-17-,21-6-,27-22+,28-23-/t37-,38-,39+,40+,41-,45-,46-,47-/m1/s1. The lowest BCUT2D eigenvalue weighted by molar-refractivity contribution is -0.161. The lowest BCUT2D eigenvalue weighted by Gasteiger charge is -2.21. The number of allylic oxidation sites excluding steroid dienone is 9. The lowest BCUT2D eigenvalue weighted by Crippen LogP contribution is -2.36. The van der Waals surface area contributed by atoms with Gasteiger partial charge < -0.3 is 55.3 Å². The molecule has 0 radical (unpaired) electrons. The molecular weight excluding hydrogens is 968 g/mol. The molecule has 0 aliphatic carbocycles. The van der Waals surface area contributed by atoms with E-state index in [1.165, 1.54) is 43.9 Å². The van der Waals surface area contributed by atoms with Gasteiger partial charge in [0.2, 0.25) is 0 Å². The number of hydrogen-bond acceptors (Lipinski definition) is 18. The molecule has 9 N–H and O–H groups in total. The van der Waals surface area contributed by atoms with E-state index in [0.29, 0.717) is 12.8 Å². The minimum absolute atomic E-state index is 0.00352. The van der Waals surface area contributed by atoms with Gasteiger partial charge in [-0.1, -0.05) is 125 Å². The lowest BCUT2D eigenvalue weighted by atomic mass is 10.1. The number of aromatic nitrogens is 2. The quantitative estimate of drug-likeness (QED) is 0.0119. The third-order valence-electron chi connectivity index (χ3n) is 10.6. The van der Waals surface area contributed by atoms with Crippen LogP contribution < -0.4 is 11.4 Å². The predicted molar refractivity (Wildman–Crippen MR) is 265 cm³/mol. The molecule has 21 nitrogen and oxygen atoms in total. The number of carbonyl (C=O) groups is 2. The third kappa shape index (κ3) is 28.8. The van der Waals surface area contributed by atoms with Crippen LogP contribution in [0.15, 0.2) is 90.0 Å². The number of phosphoric ester groups is 2. The zero-order valence-electron chi connectivity index (χ0n) is 40.8. The summed E-state index contributed by atoms with van der Waals surface area (Å²) in [7, 11) is -11.0. The summed E-state index contributed by atoms with van der Waals surface area (Å²) in [5.74, 6) is -1.67. The van der Waals surface area contributed by atoms with Crippen molar-refractivity contribution in [1.29, 1.82) is 0 Å². The van der Waals surface area contributed by atoms with Crippen molar-refractivity contribution in [3.8, 4) is 0 Å². The summed E-state index contributed by atoms with van der Waals surface area (Å²) >= 11 is 0. The van der Waals surface area contributed by atoms with Crippen molar-refractivity contribution in [2.75, 3.05) is 25.6 Å². The first-order valence-electron chi connectivity index (χ1n) is 24.3. The van der Waals surface area contributed by atoms with E-state index in [2.05, 4.69) is 28.4 Å². The summed E-state index contributed by atoms with van der Waals surface area (Å²) in [4.78, 5) is 61.8. The maximum Gasteiger partial charge on any atom is 0.481 e. The van der Waals surface area contributed by atoms with Crippen LogP contribution in [0.4, 0.5) is 5.82 Å². The van der Waals surface area contributed by atoms with E-state index < -0.39 is 102 Å². The number of aliphatic hydroxyl groups is 5. The Bertz CT molecular complexity index is 2030. The van der Waals surface area contributed by atoms with E-state index >= 15 is 0 Å². The molecule has 1 aliphatic rings. The Morgan fingerprint density at radius 3 is 2.08 bits per heavy atom. The van der Waals surface area contributed by atoms with Gasteiger partial charge >= 0.3 is 33.3 Å². The molecule has 1 saturated heterocycles. The summed E-state index contributed by atoms with van der Waals surface area (Å²) in [6, 6.07) is 1.22. The van der Waals surface area contributed by atoms with Crippen LogP contribution in [-0.2, 0) is 46.3 Å². The molecule has 1 fully saturated rings. The van der Waals surface area contributed by atoms with Crippen LogP contribution in [-0.4, -0.2) is 119 Å². The Morgan fingerprint density at radius 2 is 1.41 bits per heavy atom. The van der Waals surface area contributed by atoms with Crippen LogP contribution in [0.3, 0.4) is 0 Å². The van der Waals surface area contributed by atoms with Gasteiger partial charge in [-0.15, -0.1) is 0 Å². The zero-order chi connectivity index (χ0) is 52.5. The van der Waals surface area contributed by atoms with Crippen LogP contribution in [0.25, 0.3) is 0 Å². The van der Waals surface area contributed by atoms with Gasteiger partial charge in [0.25, 0.3) is 0 Å². The normalized spacial score (nSPS) is 21.1. The van der Waals surface area contributed by atoms with Crippen LogP contribution in [0.2, 0.25) is 0 Å². The average molecular weight is 1050 g/mol. The van der Waals surface area contributed by atoms with Gasteiger partial charge in [-0.2, -0.15) is 9.29 Å². The molecular formula is C48H77N3O18P2. The van der Waals surface area contributed by atoms with Crippen LogP contribution >= 0.6 is 15.6 Å². The number of nitrogens with two attached hydrogens (primary N) is 1. The number of anilines is 1. The number of hydrogen-bond donors (Lipinski definition) is 8. The minimum atomic E-state index is -5.50. The summed E-state index contributed by atoms with van der Waals surface area (Å²) < 4.78 is 56.4. The van der Waals surface area contributed by atoms with E-state index in [1.54, 1.807) is 36.5 Å². The molecule has 402 valence electrons. The van der Waals surface area contributed by atoms with Gasteiger partial charge in [0.15, 0.2) is 12.3 Å². The van der Waals surface area contributed by atoms with Crippen molar-refractivity contribution in [2.24, 2.45) is 0 Å². The number of rotatable bonds is 38. The maximum atomic E-state index is 12.8. The molecule has 1 aromatic heterocycles. The van der Waals surface area contributed by atoms with E-state index in [4.69, 9.17) is 29.0 Å². The SMILES string of the molecule is CC/C=C\C[C@@H](O)/C=C/C=C/C=C\C=C/[C@H](O)[C@@H](O)CCCC(=O)OC[C@H](COP(=O)(O)OP(=O)(O)OC[C@H]1O[C@@H](n2ccc(N)nc2=O)[C@H](O)[C@@H]1O)OC(=O)CCCCCCC/C=C\CCCCCC. The smallest absolute Gasteiger partial charge is 0.462 e. The number of ether oxygens (including phenoxy) is 3. The summed E-state index contributed by atoms with van der Waals surface area (Å²) in [6.07, 6.45) is 23.6. The van der Waals surface area contributed by atoms with Crippen molar-refractivity contribution in [3.05, 3.63) is 95.7 Å². The first kappa shape index (κ1) is 63.2. The summed E-state index contributed by atoms with van der Waals surface area (Å²) in [5.41, 5.74) is 4.55. The highest BCUT2D eigenvalue weighted by Crippen LogP contribution is 2.60. The molecule has 2 unspecified atom stereocenters. The molecule has 1 aromatic rings. The molecule has 0 aromatic carbocycles. The van der Waals surface area contributed by atoms with Crippen LogP contribution in [0.5, 0.6) is 0 Å². The van der Waals surface area contributed by atoms with Gasteiger partial charge in [0.05, 0.1) is 31.5 Å². The monoisotopic (exact) mass is 1050 g/mol. The summed E-state index contributed by atoms with van der Waals surface area (Å²) in [6.45, 7) is 1.58.